The number of carbonyl (C=O) groups excluding carboxylic acids is 2. The minimum absolute atomic E-state index is 0.0382. The molecule has 128 valence electrons. The lowest BCUT2D eigenvalue weighted by atomic mass is 9.86. The van der Waals surface area contributed by atoms with Crippen LogP contribution >= 0.6 is 0 Å². The van der Waals surface area contributed by atoms with Gasteiger partial charge in [0, 0.05) is 18.2 Å². The maximum absolute atomic E-state index is 12.8. The second-order valence-corrected chi connectivity index (χ2v) is 6.91. The summed E-state index contributed by atoms with van der Waals surface area (Å²) >= 11 is 0. The molecule has 4 heteroatoms. The summed E-state index contributed by atoms with van der Waals surface area (Å²) in [5.41, 5.74) is 1.91. The summed E-state index contributed by atoms with van der Waals surface area (Å²) in [5.74, 6) is -0.335. The van der Waals surface area contributed by atoms with Gasteiger partial charge in [-0.05, 0) is 36.5 Å². The molecule has 0 aromatic heterocycles. The Balaban J connectivity index is 2.93. The van der Waals surface area contributed by atoms with E-state index in [-0.39, 0.29) is 29.8 Å². The second kappa shape index (κ2) is 8.14. The first-order valence-electron chi connectivity index (χ1n) is 8.19. The first-order valence-corrected chi connectivity index (χ1v) is 8.19. The number of carbonyl (C=O) groups is 2. The van der Waals surface area contributed by atoms with Gasteiger partial charge < -0.3 is 9.64 Å². The van der Waals surface area contributed by atoms with E-state index in [0.29, 0.717) is 12.1 Å². The first-order chi connectivity index (χ1) is 10.7. The van der Waals surface area contributed by atoms with Crippen LogP contribution < -0.4 is 0 Å². The van der Waals surface area contributed by atoms with Gasteiger partial charge in [0.2, 0.25) is 0 Å². The molecule has 23 heavy (non-hydrogen) atoms. The summed E-state index contributed by atoms with van der Waals surface area (Å²) in [4.78, 5) is 25.9. The zero-order chi connectivity index (χ0) is 17.6. The SMILES string of the molecule is CCC(C)N(CCC(=O)OC)C(=O)c1ccc(C(C)(C)C)cc1. The van der Waals surface area contributed by atoms with Crippen LogP contribution in [0.25, 0.3) is 0 Å². The van der Waals surface area contributed by atoms with Gasteiger partial charge in [0.05, 0.1) is 13.5 Å². The molecule has 0 bridgehead atoms. The maximum Gasteiger partial charge on any atom is 0.307 e. The molecule has 1 aromatic carbocycles. The van der Waals surface area contributed by atoms with E-state index in [2.05, 4.69) is 25.5 Å². The lowest BCUT2D eigenvalue weighted by molar-refractivity contribution is -0.140. The van der Waals surface area contributed by atoms with Crippen molar-refractivity contribution in [2.24, 2.45) is 0 Å². The van der Waals surface area contributed by atoms with Crippen molar-refractivity contribution in [3.63, 3.8) is 0 Å². The average Bonchev–Trinajstić information content (AvgIpc) is 2.53. The van der Waals surface area contributed by atoms with Crippen molar-refractivity contribution in [2.45, 2.75) is 58.9 Å². The van der Waals surface area contributed by atoms with Gasteiger partial charge in [-0.2, -0.15) is 0 Å². The Morgan fingerprint density at radius 3 is 2.17 bits per heavy atom. The molecule has 0 aliphatic carbocycles. The normalized spacial score (nSPS) is 12.6. The third kappa shape index (κ3) is 5.38. The van der Waals surface area contributed by atoms with E-state index in [0.717, 1.165) is 6.42 Å². The molecule has 1 unspecified atom stereocenters. The zero-order valence-corrected chi connectivity index (χ0v) is 15.2. The molecule has 1 atom stereocenters. The van der Waals surface area contributed by atoms with Crippen molar-refractivity contribution < 1.29 is 14.3 Å². The van der Waals surface area contributed by atoms with Crippen LogP contribution in [0.1, 0.15) is 63.4 Å². The van der Waals surface area contributed by atoms with Crippen LogP contribution in [0.2, 0.25) is 0 Å². The fraction of sp³-hybridized carbons (Fsp3) is 0.579. The first kappa shape index (κ1) is 19.2. The molecule has 0 aliphatic rings. The quantitative estimate of drug-likeness (QED) is 0.750. The van der Waals surface area contributed by atoms with Gasteiger partial charge in [-0.1, -0.05) is 39.8 Å². The number of ether oxygens (including phenoxy) is 1. The van der Waals surface area contributed by atoms with Crippen LogP contribution in [-0.4, -0.2) is 36.5 Å². The minimum Gasteiger partial charge on any atom is -0.469 e. The van der Waals surface area contributed by atoms with Crippen molar-refractivity contribution in [1.29, 1.82) is 0 Å². The van der Waals surface area contributed by atoms with Gasteiger partial charge in [-0.3, -0.25) is 9.59 Å². The third-order valence-corrected chi connectivity index (χ3v) is 4.17. The maximum atomic E-state index is 12.8. The van der Waals surface area contributed by atoms with Gasteiger partial charge >= 0.3 is 5.97 Å². The number of hydrogen-bond donors (Lipinski definition) is 0. The highest BCUT2D eigenvalue weighted by molar-refractivity contribution is 5.94. The minimum atomic E-state index is -0.297. The fourth-order valence-electron chi connectivity index (χ4n) is 2.33. The number of hydrogen-bond acceptors (Lipinski definition) is 3. The summed E-state index contributed by atoms with van der Waals surface area (Å²) in [6.45, 7) is 10.8. The average molecular weight is 319 g/mol. The summed E-state index contributed by atoms with van der Waals surface area (Å²) in [5, 5.41) is 0. The predicted octanol–water partition coefficient (Wildman–Crippen LogP) is 3.79. The van der Waals surface area contributed by atoms with E-state index in [1.165, 1.54) is 12.7 Å². The Morgan fingerprint density at radius 1 is 1.17 bits per heavy atom. The summed E-state index contributed by atoms with van der Waals surface area (Å²) in [6.07, 6.45) is 1.06. The van der Waals surface area contributed by atoms with Crippen molar-refractivity contribution in [3.8, 4) is 0 Å². The molecule has 1 amide bonds. The van der Waals surface area contributed by atoms with Gasteiger partial charge in [-0.15, -0.1) is 0 Å². The molecule has 1 rings (SSSR count). The highest BCUT2D eigenvalue weighted by Gasteiger charge is 2.22. The molecule has 0 N–H and O–H groups in total. The van der Waals surface area contributed by atoms with Crippen molar-refractivity contribution in [2.75, 3.05) is 13.7 Å². The molecular weight excluding hydrogens is 290 g/mol. The van der Waals surface area contributed by atoms with Crippen molar-refractivity contribution in [3.05, 3.63) is 35.4 Å². The molecule has 0 aliphatic heterocycles. The Morgan fingerprint density at radius 2 is 1.74 bits per heavy atom. The molecule has 1 aromatic rings. The van der Waals surface area contributed by atoms with E-state index in [9.17, 15) is 9.59 Å². The summed E-state index contributed by atoms with van der Waals surface area (Å²) < 4.78 is 4.68. The van der Waals surface area contributed by atoms with E-state index in [1.54, 1.807) is 4.90 Å². The molecule has 4 nitrogen and oxygen atoms in total. The Bertz CT molecular complexity index is 529. The monoisotopic (exact) mass is 319 g/mol. The van der Waals surface area contributed by atoms with Crippen molar-refractivity contribution in [1.82, 2.24) is 4.90 Å². The van der Waals surface area contributed by atoms with Gasteiger partial charge in [0.25, 0.3) is 5.91 Å². The van der Waals surface area contributed by atoms with E-state index in [4.69, 9.17) is 0 Å². The van der Waals surface area contributed by atoms with Crippen LogP contribution in [0.5, 0.6) is 0 Å². The summed E-state index contributed by atoms with van der Waals surface area (Å²) in [6, 6.07) is 7.83. The third-order valence-electron chi connectivity index (χ3n) is 4.17. The summed E-state index contributed by atoms with van der Waals surface area (Å²) in [7, 11) is 1.36. The topological polar surface area (TPSA) is 46.6 Å². The number of benzene rings is 1. The molecular formula is C19H29NO3. The highest BCUT2D eigenvalue weighted by atomic mass is 16.5. The number of methoxy groups -OCH3 is 1. The fourth-order valence-corrected chi connectivity index (χ4v) is 2.33. The molecule has 0 saturated carbocycles. The highest BCUT2D eigenvalue weighted by Crippen LogP contribution is 2.23. The van der Waals surface area contributed by atoms with Crippen LogP contribution in [0, 0.1) is 0 Å². The van der Waals surface area contributed by atoms with Crippen molar-refractivity contribution >= 4 is 11.9 Å². The van der Waals surface area contributed by atoms with Crippen LogP contribution in [0.15, 0.2) is 24.3 Å². The predicted molar refractivity (Wildman–Crippen MR) is 92.6 cm³/mol. The Hall–Kier alpha value is -1.84. The zero-order valence-electron chi connectivity index (χ0n) is 15.2. The van der Waals surface area contributed by atoms with E-state index in [1.807, 2.05) is 38.1 Å². The lowest BCUT2D eigenvalue weighted by Gasteiger charge is -2.28. The van der Waals surface area contributed by atoms with Crippen LogP contribution in [0.4, 0.5) is 0 Å². The van der Waals surface area contributed by atoms with E-state index >= 15 is 0 Å². The van der Waals surface area contributed by atoms with E-state index < -0.39 is 0 Å². The number of amides is 1. The van der Waals surface area contributed by atoms with Crippen LogP contribution in [0.3, 0.4) is 0 Å². The Labute approximate surface area is 139 Å². The molecule has 0 spiro atoms. The largest absolute Gasteiger partial charge is 0.469 e. The number of rotatable bonds is 6. The van der Waals surface area contributed by atoms with Gasteiger partial charge in [0.15, 0.2) is 0 Å². The standard InChI is InChI=1S/C19H29NO3/c1-7-14(2)20(13-12-17(21)23-6)18(22)15-8-10-16(11-9-15)19(3,4)5/h8-11,14H,7,12-13H2,1-6H3. The molecule has 0 saturated heterocycles. The molecule has 0 radical (unpaired) electrons. The molecule has 0 fully saturated rings. The number of esters is 1. The second-order valence-electron chi connectivity index (χ2n) is 6.91. The number of nitrogens with zero attached hydrogens (tertiary/aromatic N) is 1. The lowest BCUT2D eigenvalue weighted by Crippen LogP contribution is -2.39. The van der Waals surface area contributed by atoms with Crippen LogP contribution in [-0.2, 0) is 14.9 Å². The Kier molecular flexibility index (Phi) is 6.79. The smallest absolute Gasteiger partial charge is 0.307 e. The van der Waals surface area contributed by atoms with Gasteiger partial charge in [0.1, 0.15) is 0 Å². The van der Waals surface area contributed by atoms with Gasteiger partial charge in [-0.25, -0.2) is 0 Å². The molecule has 0 heterocycles.